The van der Waals surface area contributed by atoms with Gasteiger partial charge in [-0.05, 0) is 30.2 Å². The van der Waals surface area contributed by atoms with E-state index in [9.17, 15) is 14.9 Å². The smallest absolute Gasteiger partial charge is 0.270 e. The number of ether oxygens (including phenoxy) is 1. The zero-order valence-electron chi connectivity index (χ0n) is 14.1. The Morgan fingerprint density at radius 2 is 2.04 bits per heavy atom. The number of benzene rings is 2. The third kappa shape index (κ3) is 4.34. The fourth-order valence-electron chi connectivity index (χ4n) is 2.43. The summed E-state index contributed by atoms with van der Waals surface area (Å²) in [7, 11) is 0. The second kappa shape index (κ2) is 7.92. The Morgan fingerprint density at radius 3 is 2.73 bits per heavy atom. The van der Waals surface area contributed by atoms with Gasteiger partial charge in [0.2, 0.25) is 0 Å². The first kappa shape index (κ1) is 17.8. The van der Waals surface area contributed by atoms with Crippen LogP contribution in [0.5, 0.6) is 5.75 Å². The fraction of sp³-hybridized carbons (Fsp3) is 0.222. The minimum absolute atomic E-state index is 0.00567. The SMILES string of the molecule is CCCc1ccc(OCC(=O)Nc2nc3ccc([N+](=O)[O-])cc3s2)cc1. The number of rotatable bonds is 7. The quantitative estimate of drug-likeness (QED) is 0.497. The molecule has 0 aliphatic heterocycles. The number of aryl methyl sites for hydroxylation is 1. The Kier molecular flexibility index (Phi) is 5.43. The molecule has 0 unspecified atom stereocenters. The van der Waals surface area contributed by atoms with Gasteiger partial charge in [-0.15, -0.1) is 0 Å². The van der Waals surface area contributed by atoms with Crippen molar-refractivity contribution in [3.8, 4) is 5.75 Å². The molecule has 0 atom stereocenters. The molecule has 8 heteroatoms. The van der Waals surface area contributed by atoms with Gasteiger partial charge in [0, 0.05) is 12.1 Å². The van der Waals surface area contributed by atoms with Crippen LogP contribution in [0.1, 0.15) is 18.9 Å². The van der Waals surface area contributed by atoms with Gasteiger partial charge in [0.15, 0.2) is 11.7 Å². The number of fused-ring (bicyclic) bond motifs is 1. The van der Waals surface area contributed by atoms with Gasteiger partial charge in [-0.3, -0.25) is 20.2 Å². The van der Waals surface area contributed by atoms with E-state index in [1.165, 1.54) is 29.0 Å². The number of hydrogen-bond donors (Lipinski definition) is 1. The molecule has 7 nitrogen and oxygen atoms in total. The lowest BCUT2D eigenvalue weighted by atomic mass is 10.1. The molecule has 2 aromatic carbocycles. The number of nitrogens with zero attached hydrogens (tertiary/aromatic N) is 2. The highest BCUT2D eigenvalue weighted by Crippen LogP contribution is 2.29. The van der Waals surface area contributed by atoms with Gasteiger partial charge in [-0.1, -0.05) is 36.8 Å². The van der Waals surface area contributed by atoms with E-state index in [1.807, 2.05) is 24.3 Å². The summed E-state index contributed by atoms with van der Waals surface area (Å²) in [5, 5.41) is 13.8. The van der Waals surface area contributed by atoms with Crippen molar-refractivity contribution >= 4 is 38.3 Å². The normalized spacial score (nSPS) is 10.7. The molecule has 0 saturated heterocycles. The standard InChI is InChI=1S/C18H17N3O4S/c1-2-3-12-4-7-14(8-5-12)25-11-17(22)20-18-19-15-9-6-13(21(23)24)10-16(15)26-18/h4-10H,2-3,11H2,1H3,(H,19,20,22). The first-order valence-corrected chi connectivity index (χ1v) is 8.93. The van der Waals surface area contributed by atoms with E-state index in [0.717, 1.165) is 12.8 Å². The molecule has 1 N–H and O–H groups in total. The summed E-state index contributed by atoms with van der Waals surface area (Å²) in [5.74, 6) is 0.288. The number of amides is 1. The maximum absolute atomic E-state index is 12.0. The molecule has 0 fully saturated rings. The number of nitro groups is 1. The Hall–Kier alpha value is -3.00. The van der Waals surface area contributed by atoms with Gasteiger partial charge < -0.3 is 4.74 Å². The van der Waals surface area contributed by atoms with Gasteiger partial charge in [0.25, 0.3) is 11.6 Å². The lowest BCUT2D eigenvalue weighted by molar-refractivity contribution is -0.384. The summed E-state index contributed by atoms with van der Waals surface area (Å²) >= 11 is 1.18. The molecule has 0 radical (unpaired) electrons. The second-order valence-corrected chi connectivity index (χ2v) is 6.69. The number of non-ortho nitro benzene ring substituents is 1. The minimum atomic E-state index is -0.461. The second-order valence-electron chi connectivity index (χ2n) is 5.66. The van der Waals surface area contributed by atoms with Gasteiger partial charge in [0.1, 0.15) is 5.75 Å². The van der Waals surface area contributed by atoms with Crippen LogP contribution in [-0.2, 0) is 11.2 Å². The summed E-state index contributed by atoms with van der Waals surface area (Å²) in [5.41, 5.74) is 1.82. The molecule has 3 rings (SSSR count). The Bertz CT molecular complexity index is 937. The summed E-state index contributed by atoms with van der Waals surface area (Å²) in [6.07, 6.45) is 2.09. The zero-order chi connectivity index (χ0) is 18.5. The number of nitro benzene ring substituents is 1. The lowest BCUT2D eigenvalue weighted by Gasteiger charge is -2.06. The van der Waals surface area contributed by atoms with Crippen LogP contribution in [0.25, 0.3) is 10.2 Å². The molecule has 26 heavy (non-hydrogen) atoms. The average molecular weight is 371 g/mol. The number of carbonyl (C=O) groups is 1. The van der Waals surface area contributed by atoms with E-state index in [2.05, 4.69) is 17.2 Å². The van der Waals surface area contributed by atoms with Crippen molar-refractivity contribution in [1.82, 2.24) is 4.98 Å². The summed E-state index contributed by atoms with van der Waals surface area (Å²) in [6.45, 7) is 1.98. The van der Waals surface area contributed by atoms with E-state index in [0.29, 0.717) is 21.1 Å². The highest BCUT2D eigenvalue weighted by atomic mass is 32.1. The molecular weight excluding hydrogens is 354 g/mol. The van der Waals surface area contributed by atoms with Crippen LogP contribution in [0, 0.1) is 10.1 Å². The van der Waals surface area contributed by atoms with Crippen LogP contribution in [0.3, 0.4) is 0 Å². The number of carbonyl (C=O) groups excluding carboxylic acids is 1. The number of aromatic nitrogens is 1. The van der Waals surface area contributed by atoms with Gasteiger partial charge >= 0.3 is 0 Å². The van der Waals surface area contributed by atoms with Crippen molar-refractivity contribution < 1.29 is 14.5 Å². The number of nitrogens with one attached hydrogen (secondary N) is 1. The Labute approximate surface area is 153 Å². The highest BCUT2D eigenvalue weighted by Gasteiger charge is 2.12. The molecule has 1 aromatic heterocycles. The van der Waals surface area contributed by atoms with E-state index in [4.69, 9.17) is 4.74 Å². The van der Waals surface area contributed by atoms with Crippen LogP contribution in [-0.4, -0.2) is 22.4 Å². The largest absolute Gasteiger partial charge is 0.484 e. The molecule has 134 valence electrons. The average Bonchev–Trinajstić information content (AvgIpc) is 3.02. The van der Waals surface area contributed by atoms with Crippen LogP contribution in [0.4, 0.5) is 10.8 Å². The van der Waals surface area contributed by atoms with Crippen molar-refractivity contribution in [1.29, 1.82) is 0 Å². The predicted molar refractivity (Wildman–Crippen MR) is 101 cm³/mol. The third-order valence-electron chi connectivity index (χ3n) is 3.66. The summed E-state index contributed by atoms with van der Waals surface area (Å²) < 4.78 is 6.11. The molecular formula is C18H17N3O4S. The lowest BCUT2D eigenvalue weighted by Crippen LogP contribution is -2.19. The monoisotopic (exact) mass is 371 g/mol. The third-order valence-corrected chi connectivity index (χ3v) is 4.59. The minimum Gasteiger partial charge on any atom is -0.484 e. The summed E-state index contributed by atoms with van der Waals surface area (Å²) in [4.78, 5) is 26.6. The van der Waals surface area contributed by atoms with E-state index >= 15 is 0 Å². The maximum atomic E-state index is 12.0. The molecule has 3 aromatic rings. The van der Waals surface area contributed by atoms with Crippen LogP contribution in [0.2, 0.25) is 0 Å². The predicted octanol–water partition coefficient (Wildman–Crippen LogP) is 4.17. The van der Waals surface area contributed by atoms with Gasteiger partial charge in [0.05, 0.1) is 15.1 Å². The first-order valence-electron chi connectivity index (χ1n) is 8.11. The van der Waals surface area contributed by atoms with Crippen LogP contribution in [0.15, 0.2) is 42.5 Å². The van der Waals surface area contributed by atoms with Crippen molar-refractivity contribution in [2.45, 2.75) is 19.8 Å². The molecule has 1 amide bonds. The molecule has 0 bridgehead atoms. The molecule has 0 spiro atoms. The molecule has 1 heterocycles. The first-order chi connectivity index (χ1) is 12.5. The van der Waals surface area contributed by atoms with Crippen LogP contribution < -0.4 is 10.1 Å². The topological polar surface area (TPSA) is 94.4 Å². The highest BCUT2D eigenvalue weighted by molar-refractivity contribution is 7.22. The van der Waals surface area contributed by atoms with E-state index in [1.54, 1.807) is 6.07 Å². The van der Waals surface area contributed by atoms with E-state index in [-0.39, 0.29) is 18.2 Å². The van der Waals surface area contributed by atoms with Crippen molar-refractivity contribution in [3.63, 3.8) is 0 Å². The molecule has 0 aliphatic carbocycles. The molecule has 0 aliphatic rings. The zero-order valence-corrected chi connectivity index (χ0v) is 14.9. The maximum Gasteiger partial charge on any atom is 0.270 e. The van der Waals surface area contributed by atoms with Gasteiger partial charge in [-0.25, -0.2) is 4.98 Å². The van der Waals surface area contributed by atoms with Crippen molar-refractivity contribution in [2.24, 2.45) is 0 Å². The Balaban J connectivity index is 1.59. The molecule has 0 saturated carbocycles. The van der Waals surface area contributed by atoms with Crippen molar-refractivity contribution in [3.05, 3.63) is 58.1 Å². The summed E-state index contributed by atoms with van der Waals surface area (Å²) in [6, 6.07) is 12.0. The Morgan fingerprint density at radius 1 is 1.27 bits per heavy atom. The van der Waals surface area contributed by atoms with E-state index < -0.39 is 4.92 Å². The number of hydrogen-bond acceptors (Lipinski definition) is 6. The number of thiazole rings is 1. The van der Waals surface area contributed by atoms with Crippen LogP contribution >= 0.6 is 11.3 Å². The van der Waals surface area contributed by atoms with Gasteiger partial charge in [-0.2, -0.15) is 0 Å². The fourth-order valence-corrected chi connectivity index (χ4v) is 3.34. The van der Waals surface area contributed by atoms with Crippen molar-refractivity contribution in [2.75, 3.05) is 11.9 Å². The number of anilines is 1.